The van der Waals surface area contributed by atoms with Gasteiger partial charge in [0.05, 0.1) is 17.0 Å². The van der Waals surface area contributed by atoms with Crippen molar-refractivity contribution in [2.75, 3.05) is 24.5 Å². The number of amides is 2. The van der Waals surface area contributed by atoms with Crippen LogP contribution >= 0.6 is 0 Å². The van der Waals surface area contributed by atoms with Crippen LogP contribution < -0.4 is 9.64 Å². The van der Waals surface area contributed by atoms with Crippen molar-refractivity contribution in [3.8, 4) is 5.75 Å². The van der Waals surface area contributed by atoms with Gasteiger partial charge in [-0.25, -0.2) is 0 Å². The summed E-state index contributed by atoms with van der Waals surface area (Å²) in [6.07, 6.45) is -2.43. The Bertz CT molecular complexity index is 1070. The van der Waals surface area contributed by atoms with E-state index in [9.17, 15) is 31.5 Å². The molecule has 1 unspecified atom stereocenters. The predicted octanol–water partition coefficient (Wildman–Crippen LogP) is 5.14. The molecule has 1 saturated heterocycles. The molecule has 10 heteroatoms. The Morgan fingerprint density at radius 3 is 2.53 bits per heavy atom. The molecule has 0 bridgehead atoms. The highest BCUT2D eigenvalue weighted by Gasteiger charge is 2.36. The molecule has 1 atom stereocenters. The molecule has 2 amide bonds. The number of benzene rings is 2. The third kappa shape index (κ3) is 5.00. The van der Waals surface area contributed by atoms with E-state index >= 15 is 0 Å². The van der Waals surface area contributed by atoms with E-state index in [1.54, 1.807) is 0 Å². The van der Waals surface area contributed by atoms with Crippen LogP contribution in [0.25, 0.3) is 0 Å². The lowest BCUT2D eigenvalue weighted by molar-refractivity contribution is -0.137. The van der Waals surface area contributed by atoms with Gasteiger partial charge in [-0.2, -0.15) is 22.0 Å². The Labute approximate surface area is 193 Å². The number of anilines is 1. The summed E-state index contributed by atoms with van der Waals surface area (Å²) in [5.41, 5.74) is 0.165. The number of piperidine rings is 1. The number of carbonyl (C=O) groups excluding carboxylic acids is 2. The first-order valence-corrected chi connectivity index (χ1v) is 11.0. The van der Waals surface area contributed by atoms with Gasteiger partial charge in [-0.3, -0.25) is 9.59 Å². The summed E-state index contributed by atoms with van der Waals surface area (Å²) in [7, 11) is 0. The molecular weight excluding hydrogens is 459 g/mol. The largest absolute Gasteiger partial charge is 0.434 e. The second-order valence-corrected chi connectivity index (χ2v) is 8.40. The van der Waals surface area contributed by atoms with Crippen LogP contribution in [0.15, 0.2) is 42.5 Å². The number of ether oxygens (including phenoxy) is 1. The first kappa shape index (κ1) is 24.0. The second-order valence-electron chi connectivity index (χ2n) is 8.40. The molecule has 0 aliphatic carbocycles. The lowest BCUT2D eigenvalue weighted by atomic mass is 9.93. The number of rotatable bonds is 4. The number of hydrogen-bond acceptors (Lipinski definition) is 3. The highest BCUT2D eigenvalue weighted by Crippen LogP contribution is 2.36. The van der Waals surface area contributed by atoms with Gasteiger partial charge in [0.1, 0.15) is 5.75 Å². The molecule has 2 aliphatic rings. The molecule has 4 rings (SSSR count). The number of halogens is 5. The number of aryl methyl sites for hydroxylation is 1. The fourth-order valence-electron chi connectivity index (χ4n) is 4.60. The SMILES string of the molecule is O=C(c1ccccc1OC(F)F)N1CCCC(C(=O)N2CCCc3cc(C(F)(F)F)ccc32)C1. The van der Waals surface area contributed by atoms with Gasteiger partial charge in [0.2, 0.25) is 5.91 Å². The molecule has 2 aromatic rings. The minimum Gasteiger partial charge on any atom is -0.434 e. The molecule has 0 spiro atoms. The first-order chi connectivity index (χ1) is 16.1. The van der Waals surface area contributed by atoms with Gasteiger partial charge in [0, 0.05) is 25.3 Å². The first-order valence-electron chi connectivity index (χ1n) is 11.0. The van der Waals surface area contributed by atoms with Crippen molar-refractivity contribution in [3.05, 3.63) is 59.2 Å². The van der Waals surface area contributed by atoms with Gasteiger partial charge in [0.15, 0.2) is 0 Å². The van der Waals surface area contributed by atoms with Crippen molar-refractivity contribution in [1.82, 2.24) is 4.90 Å². The smallest absolute Gasteiger partial charge is 0.416 e. The molecule has 0 saturated carbocycles. The van der Waals surface area contributed by atoms with Crippen molar-refractivity contribution in [1.29, 1.82) is 0 Å². The van der Waals surface area contributed by atoms with E-state index in [2.05, 4.69) is 4.74 Å². The highest BCUT2D eigenvalue weighted by atomic mass is 19.4. The van der Waals surface area contributed by atoms with Crippen LogP contribution in [0.5, 0.6) is 5.75 Å². The third-order valence-corrected chi connectivity index (χ3v) is 6.18. The van der Waals surface area contributed by atoms with Crippen molar-refractivity contribution in [2.45, 2.75) is 38.5 Å². The van der Waals surface area contributed by atoms with Crippen LogP contribution in [-0.2, 0) is 17.4 Å². The summed E-state index contributed by atoms with van der Waals surface area (Å²) in [6, 6.07) is 9.09. The zero-order valence-electron chi connectivity index (χ0n) is 18.2. The Hall–Kier alpha value is -3.17. The van der Waals surface area contributed by atoms with Crippen molar-refractivity contribution in [3.63, 3.8) is 0 Å². The average molecular weight is 482 g/mol. The highest BCUT2D eigenvalue weighted by molar-refractivity contribution is 5.99. The Morgan fingerprint density at radius 1 is 1.03 bits per heavy atom. The van der Waals surface area contributed by atoms with E-state index in [-0.39, 0.29) is 23.8 Å². The van der Waals surface area contributed by atoms with E-state index in [1.807, 2.05) is 0 Å². The van der Waals surface area contributed by atoms with Gasteiger partial charge in [-0.1, -0.05) is 12.1 Å². The van der Waals surface area contributed by atoms with Gasteiger partial charge >= 0.3 is 12.8 Å². The lowest BCUT2D eigenvalue weighted by Crippen LogP contribution is -2.48. The summed E-state index contributed by atoms with van der Waals surface area (Å²) >= 11 is 0. The molecule has 5 nitrogen and oxygen atoms in total. The maximum absolute atomic E-state index is 13.4. The van der Waals surface area contributed by atoms with Crippen LogP contribution in [0.1, 0.15) is 40.7 Å². The van der Waals surface area contributed by atoms with E-state index in [0.717, 1.165) is 12.1 Å². The number of likely N-dealkylation sites (tertiary alicyclic amines) is 1. The molecule has 0 radical (unpaired) electrons. The number of hydrogen-bond donors (Lipinski definition) is 0. The topological polar surface area (TPSA) is 49.9 Å². The Balaban J connectivity index is 1.52. The number of carbonyl (C=O) groups is 2. The molecule has 0 aromatic heterocycles. The van der Waals surface area contributed by atoms with Crippen molar-refractivity contribution < 1.29 is 36.3 Å². The van der Waals surface area contributed by atoms with Crippen LogP contribution in [0, 0.1) is 5.92 Å². The fourth-order valence-corrected chi connectivity index (χ4v) is 4.60. The maximum atomic E-state index is 13.4. The minimum atomic E-state index is -4.46. The summed E-state index contributed by atoms with van der Waals surface area (Å²) in [5.74, 6) is -1.55. The molecule has 2 aliphatic heterocycles. The molecule has 182 valence electrons. The van der Waals surface area contributed by atoms with Gasteiger partial charge < -0.3 is 14.5 Å². The van der Waals surface area contributed by atoms with E-state index < -0.39 is 30.2 Å². The van der Waals surface area contributed by atoms with E-state index in [1.165, 1.54) is 40.1 Å². The minimum absolute atomic E-state index is 0.0149. The van der Waals surface area contributed by atoms with Gasteiger partial charge in [-0.15, -0.1) is 0 Å². The third-order valence-electron chi connectivity index (χ3n) is 6.18. The van der Waals surface area contributed by atoms with Crippen LogP contribution in [0.3, 0.4) is 0 Å². The van der Waals surface area contributed by atoms with E-state index in [0.29, 0.717) is 50.0 Å². The molecule has 0 N–H and O–H groups in total. The van der Waals surface area contributed by atoms with Crippen LogP contribution in [-0.4, -0.2) is 43.0 Å². The number of para-hydroxylation sites is 1. The Kier molecular flexibility index (Phi) is 6.77. The van der Waals surface area contributed by atoms with Crippen molar-refractivity contribution >= 4 is 17.5 Å². The number of fused-ring (bicyclic) bond motifs is 1. The Morgan fingerprint density at radius 2 is 1.79 bits per heavy atom. The average Bonchev–Trinajstić information content (AvgIpc) is 2.82. The summed E-state index contributed by atoms with van der Waals surface area (Å²) in [4.78, 5) is 29.3. The summed E-state index contributed by atoms with van der Waals surface area (Å²) in [5, 5.41) is 0. The fraction of sp³-hybridized carbons (Fsp3) is 0.417. The standard InChI is InChI=1S/C24H23F5N2O3/c25-23(26)34-20-8-2-1-7-18(20)22(33)30-11-3-6-16(14-30)21(32)31-12-4-5-15-13-17(24(27,28)29)9-10-19(15)31/h1-2,7-10,13,16,23H,3-6,11-12,14H2. The monoisotopic (exact) mass is 482 g/mol. The summed E-state index contributed by atoms with van der Waals surface area (Å²) in [6.45, 7) is -2.25. The number of alkyl halides is 5. The number of nitrogens with zero attached hydrogens (tertiary/aromatic N) is 2. The van der Waals surface area contributed by atoms with Crippen LogP contribution in [0.2, 0.25) is 0 Å². The molecule has 2 aromatic carbocycles. The van der Waals surface area contributed by atoms with Crippen molar-refractivity contribution in [2.24, 2.45) is 5.92 Å². The van der Waals surface area contributed by atoms with Gasteiger partial charge in [-0.05, 0) is 61.6 Å². The molecule has 1 fully saturated rings. The second kappa shape index (κ2) is 9.60. The zero-order valence-corrected chi connectivity index (χ0v) is 18.2. The molecular formula is C24H23F5N2O3. The quantitative estimate of drug-likeness (QED) is 0.568. The summed E-state index contributed by atoms with van der Waals surface area (Å²) < 4.78 is 69.2. The van der Waals surface area contributed by atoms with Crippen LogP contribution in [0.4, 0.5) is 27.6 Å². The molecule has 34 heavy (non-hydrogen) atoms. The zero-order chi connectivity index (χ0) is 24.5. The molecule has 2 heterocycles. The maximum Gasteiger partial charge on any atom is 0.416 e. The lowest BCUT2D eigenvalue weighted by Gasteiger charge is -2.37. The van der Waals surface area contributed by atoms with E-state index in [4.69, 9.17) is 0 Å². The normalized spacial score (nSPS) is 18.6. The van der Waals surface area contributed by atoms with Gasteiger partial charge in [0.25, 0.3) is 5.91 Å². The predicted molar refractivity (Wildman–Crippen MR) is 114 cm³/mol.